The van der Waals surface area contributed by atoms with Crippen LogP contribution in [0.15, 0.2) is 30.3 Å². The Bertz CT molecular complexity index is 745. The molecule has 1 aliphatic carbocycles. The number of carbonyl (C=O) groups is 1. The molecule has 0 radical (unpaired) electrons. The number of benzene rings is 1. The predicted molar refractivity (Wildman–Crippen MR) is 107 cm³/mol. The fourth-order valence-corrected chi connectivity index (χ4v) is 4.10. The van der Waals surface area contributed by atoms with Crippen LogP contribution in [-0.4, -0.2) is 44.9 Å². The number of nitrogens with zero attached hydrogens (tertiary/aromatic N) is 3. The van der Waals surface area contributed by atoms with Crippen LogP contribution in [0.25, 0.3) is 5.69 Å². The average molecular weight is 370 g/mol. The average Bonchev–Trinajstić information content (AvgIpc) is 3.03. The summed E-state index contributed by atoms with van der Waals surface area (Å²) in [5.74, 6) is 0.165. The molecule has 0 bridgehead atoms. The van der Waals surface area contributed by atoms with Crippen molar-refractivity contribution in [1.29, 1.82) is 0 Å². The number of hydrogen-bond donors (Lipinski definition) is 1. The topological polar surface area (TPSA) is 58.4 Å². The van der Waals surface area contributed by atoms with Gasteiger partial charge in [0.1, 0.15) is 0 Å². The summed E-state index contributed by atoms with van der Waals surface area (Å²) in [6, 6.07) is 10.7. The third kappa shape index (κ3) is 4.98. The molecule has 5 nitrogen and oxygen atoms in total. The first kappa shape index (κ1) is 19.6. The van der Waals surface area contributed by atoms with E-state index in [0.29, 0.717) is 19.0 Å². The van der Waals surface area contributed by atoms with Gasteiger partial charge >= 0.3 is 0 Å². The zero-order valence-corrected chi connectivity index (χ0v) is 16.5. The molecule has 0 atom stereocenters. The van der Waals surface area contributed by atoms with E-state index in [1.54, 1.807) is 0 Å². The van der Waals surface area contributed by atoms with Gasteiger partial charge in [-0.15, -0.1) is 0 Å². The highest BCUT2D eigenvalue weighted by molar-refractivity contribution is 5.76. The molecule has 0 saturated heterocycles. The maximum absolute atomic E-state index is 12.7. The van der Waals surface area contributed by atoms with E-state index < -0.39 is 0 Å². The molecule has 5 heteroatoms. The van der Waals surface area contributed by atoms with Crippen molar-refractivity contribution in [1.82, 2.24) is 14.7 Å². The summed E-state index contributed by atoms with van der Waals surface area (Å²) in [7, 11) is 0. The van der Waals surface area contributed by atoms with Crippen LogP contribution >= 0.6 is 0 Å². The largest absolute Gasteiger partial charge is 0.395 e. The van der Waals surface area contributed by atoms with Crippen molar-refractivity contribution in [3.63, 3.8) is 0 Å². The summed E-state index contributed by atoms with van der Waals surface area (Å²) in [6.45, 7) is 4.54. The molecule has 1 aliphatic rings. The fourth-order valence-electron chi connectivity index (χ4n) is 4.10. The first-order valence-electron chi connectivity index (χ1n) is 10.1. The first-order valence-corrected chi connectivity index (χ1v) is 10.1. The Labute approximate surface area is 162 Å². The standard InChI is InChI=1S/C22H31N3O2/c1-17-16-18(2)25(23-17)21-11-8-19(9-12-21)10-13-22(27)24(14-15-26)20-6-4-3-5-7-20/h8-9,11-12,16,20,26H,3-7,10,13-15H2,1-2H3. The Kier molecular flexibility index (Phi) is 6.67. The molecule has 1 aromatic heterocycles. The lowest BCUT2D eigenvalue weighted by Crippen LogP contribution is -2.43. The highest BCUT2D eigenvalue weighted by Crippen LogP contribution is 2.23. The van der Waals surface area contributed by atoms with Gasteiger partial charge in [0.05, 0.1) is 18.0 Å². The highest BCUT2D eigenvalue weighted by atomic mass is 16.3. The summed E-state index contributed by atoms with van der Waals surface area (Å²) in [5.41, 5.74) is 4.32. The quantitative estimate of drug-likeness (QED) is 0.812. The number of aromatic nitrogens is 2. The Hall–Kier alpha value is -2.14. The van der Waals surface area contributed by atoms with E-state index in [-0.39, 0.29) is 12.5 Å². The van der Waals surface area contributed by atoms with Gasteiger partial charge < -0.3 is 10.0 Å². The normalized spacial score (nSPS) is 15.1. The van der Waals surface area contributed by atoms with Crippen molar-refractivity contribution in [2.24, 2.45) is 0 Å². The third-order valence-electron chi connectivity index (χ3n) is 5.49. The van der Waals surface area contributed by atoms with Gasteiger partial charge in [0.2, 0.25) is 5.91 Å². The molecule has 0 unspecified atom stereocenters. The third-order valence-corrected chi connectivity index (χ3v) is 5.49. The van der Waals surface area contributed by atoms with Crippen molar-refractivity contribution in [2.45, 2.75) is 64.8 Å². The maximum atomic E-state index is 12.7. The summed E-state index contributed by atoms with van der Waals surface area (Å²) in [4.78, 5) is 14.7. The predicted octanol–water partition coefficient (Wildman–Crippen LogP) is 3.58. The van der Waals surface area contributed by atoms with Crippen molar-refractivity contribution >= 4 is 5.91 Å². The van der Waals surface area contributed by atoms with E-state index in [4.69, 9.17) is 0 Å². The maximum Gasteiger partial charge on any atom is 0.223 e. The number of aryl methyl sites for hydroxylation is 3. The van der Waals surface area contributed by atoms with Gasteiger partial charge in [-0.25, -0.2) is 4.68 Å². The lowest BCUT2D eigenvalue weighted by atomic mass is 9.93. The van der Waals surface area contributed by atoms with Crippen LogP contribution in [0, 0.1) is 13.8 Å². The molecule has 2 aromatic rings. The van der Waals surface area contributed by atoms with E-state index in [1.165, 1.54) is 19.3 Å². The van der Waals surface area contributed by atoms with E-state index in [9.17, 15) is 9.90 Å². The van der Waals surface area contributed by atoms with Crippen LogP contribution in [0.1, 0.15) is 55.5 Å². The van der Waals surface area contributed by atoms with Crippen LogP contribution in [0.3, 0.4) is 0 Å². The summed E-state index contributed by atoms with van der Waals surface area (Å²) < 4.78 is 1.94. The van der Waals surface area contributed by atoms with Gasteiger partial charge in [-0.1, -0.05) is 31.4 Å². The first-order chi connectivity index (χ1) is 13.1. The van der Waals surface area contributed by atoms with Gasteiger partial charge in [-0.05, 0) is 56.9 Å². The number of rotatable bonds is 7. The molecule has 1 amide bonds. The molecule has 1 N–H and O–H groups in total. The zero-order chi connectivity index (χ0) is 19.2. The Balaban J connectivity index is 1.59. The summed E-state index contributed by atoms with van der Waals surface area (Å²) in [5, 5.41) is 13.9. The minimum absolute atomic E-state index is 0.0412. The van der Waals surface area contributed by atoms with Gasteiger partial charge in [0, 0.05) is 24.7 Å². The van der Waals surface area contributed by atoms with E-state index >= 15 is 0 Å². The Morgan fingerprint density at radius 3 is 2.48 bits per heavy atom. The molecular weight excluding hydrogens is 338 g/mol. The molecule has 0 spiro atoms. The van der Waals surface area contributed by atoms with Crippen LogP contribution in [-0.2, 0) is 11.2 Å². The summed E-state index contributed by atoms with van der Waals surface area (Å²) in [6.07, 6.45) is 7.01. The number of amides is 1. The van der Waals surface area contributed by atoms with Gasteiger partial charge in [0.25, 0.3) is 0 Å². The second-order valence-electron chi connectivity index (χ2n) is 7.61. The second-order valence-corrected chi connectivity index (χ2v) is 7.61. The molecular formula is C22H31N3O2. The number of aliphatic hydroxyl groups is 1. The van der Waals surface area contributed by atoms with E-state index in [2.05, 4.69) is 35.4 Å². The lowest BCUT2D eigenvalue weighted by Gasteiger charge is -2.34. The lowest BCUT2D eigenvalue weighted by molar-refractivity contribution is -0.134. The van der Waals surface area contributed by atoms with E-state index in [0.717, 1.165) is 41.9 Å². The Morgan fingerprint density at radius 2 is 1.89 bits per heavy atom. The van der Waals surface area contributed by atoms with Crippen LogP contribution in [0.2, 0.25) is 0 Å². The summed E-state index contributed by atoms with van der Waals surface area (Å²) >= 11 is 0. The monoisotopic (exact) mass is 369 g/mol. The van der Waals surface area contributed by atoms with Crippen molar-refractivity contribution in [3.05, 3.63) is 47.3 Å². The number of aliphatic hydroxyl groups excluding tert-OH is 1. The second kappa shape index (κ2) is 9.18. The molecule has 1 aromatic carbocycles. The van der Waals surface area contributed by atoms with Gasteiger partial charge in [-0.2, -0.15) is 5.10 Å². The highest BCUT2D eigenvalue weighted by Gasteiger charge is 2.24. The van der Waals surface area contributed by atoms with Crippen LogP contribution in [0.4, 0.5) is 0 Å². The Morgan fingerprint density at radius 1 is 1.19 bits per heavy atom. The van der Waals surface area contributed by atoms with Gasteiger partial charge in [0.15, 0.2) is 0 Å². The van der Waals surface area contributed by atoms with E-state index in [1.807, 2.05) is 23.4 Å². The molecule has 27 heavy (non-hydrogen) atoms. The van der Waals surface area contributed by atoms with Crippen LogP contribution < -0.4 is 0 Å². The smallest absolute Gasteiger partial charge is 0.223 e. The molecule has 1 fully saturated rings. The minimum atomic E-state index is 0.0412. The minimum Gasteiger partial charge on any atom is -0.395 e. The SMILES string of the molecule is Cc1cc(C)n(-c2ccc(CCC(=O)N(CCO)C3CCCCC3)cc2)n1. The molecule has 1 heterocycles. The molecule has 1 saturated carbocycles. The molecule has 3 rings (SSSR count). The number of carbonyl (C=O) groups excluding carboxylic acids is 1. The zero-order valence-electron chi connectivity index (χ0n) is 16.5. The van der Waals surface area contributed by atoms with Crippen LogP contribution in [0.5, 0.6) is 0 Å². The molecule has 146 valence electrons. The fraction of sp³-hybridized carbons (Fsp3) is 0.545. The van der Waals surface area contributed by atoms with Crippen molar-refractivity contribution in [2.75, 3.05) is 13.2 Å². The number of hydrogen-bond acceptors (Lipinski definition) is 3. The van der Waals surface area contributed by atoms with Gasteiger partial charge in [-0.3, -0.25) is 4.79 Å². The van der Waals surface area contributed by atoms with Crippen molar-refractivity contribution < 1.29 is 9.90 Å². The van der Waals surface area contributed by atoms with Crippen molar-refractivity contribution in [3.8, 4) is 5.69 Å². The molecule has 0 aliphatic heterocycles.